The number of aromatic nitrogens is 3. The molecule has 3 heterocycles. The molecule has 3 aromatic rings. The number of nitrogens with zero attached hydrogens (tertiary/aromatic N) is 3. The van der Waals surface area contributed by atoms with Crippen molar-refractivity contribution >= 4 is 16.7 Å². The van der Waals surface area contributed by atoms with Gasteiger partial charge in [0.25, 0.3) is 5.56 Å². The van der Waals surface area contributed by atoms with Crippen LogP contribution in [0.15, 0.2) is 47.4 Å². The van der Waals surface area contributed by atoms with E-state index in [9.17, 15) is 4.79 Å². The van der Waals surface area contributed by atoms with Crippen LogP contribution in [-0.4, -0.2) is 34.0 Å². The number of hydrogen-bond donors (Lipinski definition) is 1. The lowest BCUT2D eigenvalue weighted by Crippen LogP contribution is -2.39. The van der Waals surface area contributed by atoms with Gasteiger partial charge in [0.05, 0.1) is 0 Å². The van der Waals surface area contributed by atoms with Crippen molar-refractivity contribution in [3.05, 3.63) is 52.9 Å². The van der Waals surface area contributed by atoms with Gasteiger partial charge in [-0.05, 0) is 24.3 Å². The van der Waals surface area contributed by atoms with Gasteiger partial charge in [-0.1, -0.05) is 6.07 Å². The van der Waals surface area contributed by atoms with Gasteiger partial charge in [-0.15, -0.1) is 0 Å². The van der Waals surface area contributed by atoms with Crippen LogP contribution in [0.25, 0.3) is 10.9 Å². The highest BCUT2D eigenvalue weighted by molar-refractivity contribution is 5.85. The highest BCUT2D eigenvalue weighted by Crippen LogP contribution is 2.28. The van der Waals surface area contributed by atoms with Gasteiger partial charge in [0.1, 0.15) is 17.7 Å². The molecule has 2 aromatic heterocycles. The van der Waals surface area contributed by atoms with Gasteiger partial charge in [0, 0.05) is 56.1 Å². The van der Waals surface area contributed by atoms with E-state index in [0.29, 0.717) is 0 Å². The molecular weight excluding hydrogens is 304 g/mol. The zero-order valence-electron chi connectivity index (χ0n) is 13.6. The van der Waals surface area contributed by atoms with Crippen molar-refractivity contribution in [3.63, 3.8) is 0 Å². The molecule has 124 valence electrons. The van der Waals surface area contributed by atoms with Gasteiger partial charge in [0.2, 0.25) is 0 Å². The second-order valence-electron chi connectivity index (χ2n) is 6.15. The molecule has 24 heavy (non-hydrogen) atoms. The van der Waals surface area contributed by atoms with E-state index in [1.807, 2.05) is 24.4 Å². The van der Waals surface area contributed by atoms with Crippen molar-refractivity contribution in [3.8, 4) is 5.75 Å². The second kappa shape index (κ2) is 6.03. The van der Waals surface area contributed by atoms with Crippen molar-refractivity contribution in [2.45, 2.75) is 18.9 Å². The minimum atomic E-state index is -0.0865. The van der Waals surface area contributed by atoms with Crippen LogP contribution in [0.1, 0.15) is 12.8 Å². The Morgan fingerprint density at radius 2 is 2.00 bits per heavy atom. The maximum absolute atomic E-state index is 11.5. The standard InChI is InChI=1S/C18H20N4O2/c1-21-18(23)6-5-17(20-21)22-11-8-13(9-12-22)24-16-4-2-3-15-14(16)7-10-19-15/h2-7,10,13,19H,8-9,11-12H2,1H3. The Balaban J connectivity index is 1.43. The van der Waals surface area contributed by atoms with E-state index < -0.39 is 0 Å². The summed E-state index contributed by atoms with van der Waals surface area (Å²) >= 11 is 0. The quantitative estimate of drug-likeness (QED) is 0.803. The Hall–Kier alpha value is -2.76. The fraction of sp³-hybridized carbons (Fsp3) is 0.333. The van der Waals surface area contributed by atoms with Crippen LogP contribution in [0.3, 0.4) is 0 Å². The predicted octanol–water partition coefficient (Wildman–Crippen LogP) is 2.31. The molecule has 1 N–H and O–H groups in total. The normalized spacial score (nSPS) is 15.8. The fourth-order valence-electron chi connectivity index (χ4n) is 3.20. The monoisotopic (exact) mass is 324 g/mol. The highest BCUT2D eigenvalue weighted by atomic mass is 16.5. The summed E-state index contributed by atoms with van der Waals surface area (Å²) < 4.78 is 7.61. The first-order valence-electron chi connectivity index (χ1n) is 8.23. The van der Waals surface area contributed by atoms with E-state index in [1.54, 1.807) is 19.2 Å². The summed E-state index contributed by atoms with van der Waals surface area (Å²) in [5, 5.41) is 5.45. The number of fused-ring (bicyclic) bond motifs is 1. The lowest BCUT2D eigenvalue weighted by atomic mass is 10.1. The Morgan fingerprint density at radius 1 is 1.17 bits per heavy atom. The van der Waals surface area contributed by atoms with Crippen LogP contribution in [-0.2, 0) is 7.05 Å². The molecule has 1 saturated heterocycles. The Bertz CT molecular complexity index is 907. The van der Waals surface area contributed by atoms with Gasteiger partial charge >= 0.3 is 0 Å². The molecule has 1 fully saturated rings. The molecule has 0 spiro atoms. The third-order valence-corrected chi connectivity index (χ3v) is 4.56. The van der Waals surface area contributed by atoms with Crippen LogP contribution in [0.5, 0.6) is 5.75 Å². The molecule has 0 unspecified atom stereocenters. The van der Waals surface area contributed by atoms with E-state index in [-0.39, 0.29) is 11.7 Å². The molecule has 6 nitrogen and oxygen atoms in total. The number of aryl methyl sites for hydroxylation is 1. The minimum Gasteiger partial charge on any atom is -0.490 e. The molecule has 1 aliphatic heterocycles. The van der Waals surface area contributed by atoms with E-state index in [4.69, 9.17) is 4.74 Å². The summed E-state index contributed by atoms with van der Waals surface area (Å²) in [4.78, 5) is 16.9. The molecule has 0 saturated carbocycles. The van der Waals surface area contributed by atoms with Crippen molar-refractivity contribution in [1.29, 1.82) is 0 Å². The van der Waals surface area contributed by atoms with E-state index in [2.05, 4.69) is 21.0 Å². The molecule has 1 aliphatic rings. The number of rotatable bonds is 3. The largest absolute Gasteiger partial charge is 0.490 e. The maximum Gasteiger partial charge on any atom is 0.266 e. The summed E-state index contributed by atoms with van der Waals surface area (Å²) in [6.45, 7) is 1.75. The highest BCUT2D eigenvalue weighted by Gasteiger charge is 2.22. The van der Waals surface area contributed by atoms with Crippen LogP contribution < -0.4 is 15.2 Å². The molecule has 4 rings (SSSR count). The van der Waals surface area contributed by atoms with Crippen molar-refractivity contribution in [2.24, 2.45) is 7.05 Å². The number of anilines is 1. The maximum atomic E-state index is 11.5. The molecule has 0 amide bonds. The first-order valence-corrected chi connectivity index (χ1v) is 8.23. The summed E-state index contributed by atoms with van der Waals surface area (Å²) in [6.07, 6.45) is 4.01. The Labute approximate surface area is 139 Å². The smallest absolute Gasteiger partial charge is 0.266 e. The first-order chi connectivity index (χ1) is 11.7. The average molecular weight is 324 g/mol. The molecule has 1 aromatic carbocycles. The van der Waals surface area contributed by atoms with Crippen LogP contribution in [0.2, 0.25) is 0 Å². The summed E-state index contributed by atoms with van der Waals surface area (Å²) in [7, 11) is 1.68. The summed E-state index contributed by atoms with van der Waals surface area (Å²) in [5.41, 5.74) is 1.01. The SMILES string of the molecule is Cn1nc(N2CCC(Oc3cccc4[nH]ccc34)CC2)ccc1=O. The molecule has 0 bridgehead atoms. The van der Waals surface area contributed by atoms with Gasteiger partial charge in [0.15, 0.2) is 0 Å². The molecule has 0 atom stereocenters. The lowest BCUT2D eigenvalue weighted by molar-refractivity contribution is 0.173. The number of benzene rings is 1. The van der Waals surface area contributed by atoms with Gasteiger partial charge in [-0.25, -0.2) is 4.68 Å². The summed E-state index contributed by atoms with van der Waals surface area (Å²) in [5.74, 6) is 1.79. The van der Waals surface area contributed by atoms with Crippen molar-refractivity contribution < 1.29 is 4.74 Å². The minimum absolute atomic E-state index is 0.0865. The molecule has 0 aliphatic carbocycles. The van der Waals surface area contributed by atoms with Gasteiger partial charge in [-0.3, -0.25) is 4.79 Å². The topological polar surface area (TPSA) is 63.1 Å². The van der Waals surface area contributed by atoms with E-state index in [0.717, 1.165) is 48.4 Å². The number of H-pyrrole nitrogens is 1. The molecular formula is C18H20N4O2. The number of piperidine rings is 1. The molecule has 0 radical (unpaired) electrons. The first kappa shape index (κ1) is 14.8. The zero-order valence-corrected chi connectivity index (χ0v) is 13.6. The number of hydrogen-bond acceptors (Lipinski definition) is 4. The predicted molar refractivity (Wildman–Crippen MR) is 93.6 cm³/mol. The third kappa shape index (κ3) is 2.75. The van der Waals surface area contributed by atoms with E-state index in [1.165, 1.54) is 4.68 Å². The van der Waals surface area contributed by atoms with Gasteiger partial charge < -0.3 is 14.6 Å². The Kier molecular flexibility index (Phi) is 3.72. The van der Waals surface area contributed by atoms with Crippen molar-refractivity contribution in [2.75, 3.05) is 18.0 Å². The van der Waals surface area contributed by atoms with Crippen LogP contribution in [0.4, 0.5) is 5.82 Å². The second-order valence-corrected chi connectivity index (χ2v) is 6.15. The van der Waals surface area contributed by atoms with E-state index >= 15 is 0 Å². The Morgan fingerprint density at radius 3 is 2.79 bits per heavy atom. The summed E-state index contributed by atoms with van der Waals surface area (Å²) in [6, 6.07) is 11.5. The number of aromatic amines is 1. The van der Waals surface area contributed by atoms with Crippen molar-refractivity contribution in [1.82, 2.24) is 14.8 Å². The fourth-order valence-corrected chi connectivity index (χ4v) is 3.20. The van der Waals surface area contributed by atoms with Crippen LogP contribution >= 0.6 is 0 Å². The number of nitrogens with one attached hydrogen (secondary N) is 1. The van der Waals surface area contributed by atoms with Crippen LogP contribution in [0, 0.1) is 0 Å². The van der Waals surface area contributed by atoms with Gasteiger partial charge in [-0.2, -0.15) is 5.10 Å². The third-order valence-electron chi connectivity index (χ3n) is 4.56. The lowest BCUT2D eigenvalue weighted by Gasteiger charge is -2.33. The molecule has 6 heteroatoms. The average Bonchev–Trinajstić information content (AvgIpc) is 3.08. The number of ether oxygens (including phenoxy) is 1. The zero-order chi connectivity index (χ0) is 16.5.